The van der Waals surface area contributed by atoms with E-state index in [0.717, 1.165) is 23.0 Å². The van der Waals surface area contributed by atoms with E-state index in [2.05, 4.69) is 36.3 Å². The normalized spacial score (nSPS) is 13.4. The van der Waals surface area contributed by atoms with Crippen LogP contribution in [0, 0.1) is 5.41 Å². The third-order valence-electron chi connectivity index (χ3n) is 3.08. The van der Waals surface area contributed by atoms with Crippen molar-refractivity contribution in [2.45, 2.75) is 39.7 Å². The molecule has 1 amide bonds. The molecule has 20 heavy (non-hydrogen) atoms. The van der Waals surface area contributed by atoms with Gasteiger partial charge in [0, 0.05) is 17.8 Å². The third-order valence-corrected chi connectivity index (χ3v) is 3.08. The highest BCUT2D eigenvalue weighted by Crippen LogP contribution is 2.23. The molecule has 2 rings (SSSR count). The Morgan fingerprint density at radius 1 is 1.45 bits per heavy atom. The van der Waals surface area contributed by atoms with E-state index < -0.39 is 0 Å². The number of amides is 1. The molecule has 0 radical (unpaired) electrons. The minimum absolute atomic E-state index is 0.0598. The average Bonchev–Trinajstić information content (AvgIpc) is 2.74. The van der Waals surface area contributed by atoms with Crippen molar-refractivity contribution in [3.05, 3.63) is 24.4 Å². The molecule has 0 aliphatic heterocycles. The molecule has 108 valence electrons. The monoisotopic (exact) mass is 274 g/mol. The van der Waals surface area contributed by atoms with Gasteiger partial charge in [-0.2, -0.15) is 5.10 Å². The second-order valence-electron chi connectivity index (χ2n) is 6.41. The van der Waals surface area contributed by atoms with E-state index in [1.54, 1.807) is 6.20 Å². The molecule has 1 unspecified atom stereocenters. The van der Waals surface area contributed by atoms with E-state index in [-0.39, 0.29) is 17.4 Å². The zero-order valence-corrected chi connectivity index (χ0v) is 12.2. The fraction of sp³-hybridized carbons (Fsp3) is 0.467. The Kier molecular flexibility index (Phi) is 4.09. The van der Waals surface area contributed by atoms with Gasteiger partial charge in [0.2, 0.25) is 5.91 Å². The molecule has 1 aromatic carbocycles. The lowest BCUT2D eigenvalue weighted by Crippen LogP contribution is -2.31. The van der Waals surface area contributed by atoms with Crippen molar-refractivity contribution in [3.63, 3.8) is 0 Å². The highest BCUT2D eigenvalue weighted by molar-refractivity contribution is 6.00. The van der Waals surface area contributed by atoms with Gasteiger partial charge in [-0.15, -0.1) is 0 Å². The number of aromatic amines is 1. The number of benzene rings is 1. The van der Waals surface area contributed by atoms with E-state index in [9.17, 15) is 4.79 Å². The number of hydrogen-bond acceptors (Lipinski definition) is 3. The van der Waals surface area contributed by atoms with Crippen molar-refractivity contribution in [2.75, 3.05) is 5.32 Å². The lowest BCUT2D eigenvalue weighted by atomic mass is 9.87. The highest BCUT2D eigenvalue weighted by atomic mass is 16.1. The van der Waals surface area contributed by atoms with Crippen LogP contribution in [-0.4, -0.2) is 22.1 Å². The number of rotatable bonds is 4. The smallest absolute Gasteiger partial charge is 0.225 e. The van der Waals surface area contributed by atoms with E-state index >= 15 is 0 Å². The number of hydrogen-bond donors (Lipinski definition) is 3. The molecule has 0 spiro atoms. The first-order valence-corrected chi connectivity index (χ1v) is 6.83. The Bertz CT molecular complexity index is 597. The molecule has 1 heterocycles. The van der Waals surface area contributed by atoms with Crippen LogP contribution in [0.5, 0.6) is 0 Å². The molecule has 1 atom stereocenters. The van der Waals surface area contributed by atoms with Crippen LogP contribution in [0.3, 0.4) is 0 Å². The van der Waals surface area contributed by atoms with Crippen LogP contribution in [0.25, 0.3) is 10.9 Å². The summed E-state index contributed by atoms with van der Waals surface area (Å²) in [5, 5.41) is 10.7. The van der Waals surface area contributed by atoms with Crippen LogP contribution >= 0.6 is 0 Å². The van der Waals surface area contributed by atoms with Gasteiger partial charge in [0.25, 0.3) is 0 Å². The molecule has 4 N–H and O–H groups in total. The summed E-state index contributed by atoms with van der Waals surface area (Å²) in [6.07, 6.45) is 2.85. The summed E-state index contributed by atoms with van der Waals surface area (Å²) < 4.78 is 0. The maximum Gasteiger partial charge on any atom is 0.225 e. The van der Waals surface area contributed by atoms with Crippen LogP contribution in [0.4, 0.5) is 5.69 Å². The van der Waals surface area contributed by atoms with Crippen LogP contribution in [-0.2, 0) is 4.79 Å². The van der Waals surface area contributed by atoms with Crippen molar-refractivity contribution in [3.8, 4) is 0 Å². The maximum atomic E-state index is 12.1. The number of carbonyl (C=O) groups excluding carboxylic acids is 1. The molecule has 0 fully saturated rings. The van der Waals surface area contributed by atoms with E-state index in [0.29, 0.717) is 6.42 Å². The van der Waals surface area contributed by atoms with E-state index in [1.807, 2.05) is 18.2 Å². The van der Waals surface area contributed by atoms with Gasteiger partial charge in [0.05, 0.1) is 17.4 Å². The maximum absolute atomic E-state index is 12.1. The molecule has 2 aromatic rings. The molecule has 5 heteroatoms. The quantitative estimate of drug-likeness (QED) is 0.801. The lowest BCUT2D eigenvalue weighted by Gasteiger charge is -2.22. The second kappa shape index (κ2) is 5.63. The van der Waals surface area contributed by atoms with Crippen molar-refractivity contribution < 1.29 is 4.79 Å². The Balaban J connectivity index is 2.00. The number of aromatic nitrogens is 2. The average molecular weight is 274 g/mol. The van der Waals surface area contributed by atoms with Crippen molar-refractivity contribution >= 4 is 22.5 Å². The van der Waals surface area contributed by atoms with E-state index in [4.69, 9.17) is 5.73 Å². The van der Waals surface area contributed by atoms with Crippen molar-refractivity contribution in [1.29, 1.82) is 0 Å². The SMILES string of the molecule is CC(C)(C)CC(N)CC(=O)Nc1cccc2[nH]ncc12. The van der Waals surface area contributed by atoms with Gasteiger partial charge in [-0.3, -0.25) is 9.89 Å². The number of nitrogens with one attached hydrogen (secondary N) is 2. The molecule has 1 aromatic heterocycles. The van der Waals surface area contributed by atoms with Crippen LogP contribution < -0.4 is 11.1 Å². The number of nitrogens with two attached hydrogens (primary N) is 1. The topological polar surface area (TPSA) is 83.8 Å². The lowest BCUT2D eigenvalue weighted by molar-refractivity contribution is -0.116. The minimum Gasteiger partial charge on any atom is -0.327 e. The summed E-state index contributed by atoms with van der Waals surface area (Å²) in [6, 6.07) is 5.54. The van der Waals surface area contributed by atoms with Gasteiger partial charge < -0.3 is 11.1 Å². The highest BCUT2D eigenvalue weighted by Gasteiger charge is 2.18. The minimum atomic E-state index is -0.126. The molecule has 0 aliphatic carbocycles. The second-order valence-corrected chi connectivity index (χ2v) is 6.41. The molecule has 0 saturated carbocycles. The van der Waals surface area contributed by atoms with Crippen LogP contribution in [0.1, 0.15) is 33.6 Å². The molecular formula is C15H22N4O. The van der Waals surface area contributed by atoms with Crippen molar-refractivity contribution in [2.24, 2.45) is 11.1 Å². The molecule has 0 aliphatic rings. The number of H-pyrrole nitrogens is 1. The van der Waals surface area contributed by atoms with Crippen molar-refractivity contribution in [1.82, 2.24) is 10.2 Å². The zero-order chi connectivity index (χ0) is 14.8. The van der Waals surface area contributed by atoms with Gasteiger partial charge in [-0.25, -0.2) is 0 Å². The Morgan fingerprint density at radius 2 is 2.20 bits per heavy atom. The number of nitrogens with zero attached hydrogens (tertiary/aromatic N) is 1. The Hall–Kier alpha value is -1.88. The molecule has 0 saturated heterocycles. The third kappa shape index (κ3) is 3.81. The summed E-state index contributed by atoms with van der Waals surface area (Å²) in [5.41, 5.74) is 7.83. The summed E-state index contributed by atoms with van der Waals surface area (Å²) in [7, 11) is 0. The number of fused-ring (bicyclic) bond motifs is 1. The summed E-state index contributed by atoms with van der Waals surface area (Å²) in [4.78, 5) is 12.1. The predicted octanol–water partition coefficient (Wildman–Crippen LogP) is 2.66. The molecular weight excluding hydrogens is 252 g/mol. The number of anilines is 1. The molecule has 5 nitrogen and oxygen atoms in total. The van der Waals surface area contributed by atoms with Gasteiger partial charge >= 0.3 is 0 Å². The first-order chi connectivity index (χ1) is 9.35. The van der Waals surface area contributed by atoms with Gasteiger partial charge in [0.1, 0.15) is 0 Å². The predicted molar refractivity (Wildman–Crippen MR) is 81.4 cm³/mol. The summed E-state index contributed by atoms with van der Waals surface area (Å²) >= 11 is 0. The largest absolute Gasteiger partial charge is 0.327 e. The fourth-order valence-corrected chi connectivity index (χ4v) is 2.38. The van der Waals surface area contributed by atoms with Gasteiger partial charge in [-0.1, -0.05) is 26.8 Å². The first kappa shape index (κ1) is 14.5. The zero-order valence-electron chi connectivity index (χ0n) is 12.2. The Labute approximate surface area is 118 Å². The van der Waals surface area contributed by atoms with Crippen LogP contribution in [0.15, 0.2) is 24.4 Å². The summed E-state index contributed by atoms with van der Waals surface area (Å²) in [6.45, 7) is 6.37. The first-order valence-electron chi connectivity index (χ1n) is 6.83. The fourth-order valence-electron chi connectivity index (χ4n) is 2.38. The Morgan fingerprint density at radius 3 is 2.90 bits per heavy atom. The van der Waals surface area contributed by atoms with Crippen LogP contribution in [0.2, 0.25) is 0 Å². The summed E-state index contributed by atoms with van der Waals surface area (Å²) in [5.74, 6) is -0.0598. The molecule has 0 bridgehead atoms. The van der Waals surface area contributed by atoms with Gasteiger partial charge in [0.15, 0.2) is 0 Å². The number of carbonyl (C=O) groups is 1. The van der Waals surface area contributed by atoms with E-state index in [1.165, 1.54) is 0 Å². The standard InChI is InChI=1S/C15H22N4O/c1-15(2,3)8-10(16)7-14(20)18-12-5-4-6-13-11(12)9-17-19-13/h4-6,9-10H,7-8,16H2,1-3H3,(H,17,19)(H,18,20). The van der Waals surface area contributed by atoms with Gasteiger partial charge in [-0.05, 0) is 24.0 Å².